The molecule has 0 aromatic heterocycles. The highest BCUT2D eigenvalue weighted by Gasteiger charge is 2.12. The summed E-state index contributed by atoms with van der Waals surface area (Å²) < 4.78 is 5.32. The van der Waals surface area contributed by atoms with Gasteiger partial charge in [-0.25, -0.2) is 0 Å². The van der Waals surface area contributed by atoms with Crippen LogP contribution >= 0.6 is 0 Å². The molecule has 0 aliphatic carbocycles. The van der Waals surface area contributed by atoms with Gasteiger partial charge in [0.25, 0.3) is 5.91 Å². The highest BCUT2D eigenvalue weighted by Crippen LogP contribution is 2.19. The summed E-state index contributed by atoms with van der Waals surface area (Å²) in [4.78, 5) is 13.4. The van der Waals surface area contributed by atoms with Gasteiger partial charge in [-0.3, -0.25) is 4.79 Å². The van der Waals surface area contributed by atoms with Crippen molar-refractivity contribution in [3.63, 3.8) is 0 Å². The first kappa shape index (κ1) is 13.3. The maximum atomic E-state index is 11.9. The molecule has 94 valence electrons. The molecule has 1 aromatic rings. The lowest BCUT2D eigenvalue weighted by atomic mass is 10.1. The third kappa shape index (κ3) is 3.64. The van der Waals surface area contributed by atoms with Gasteiger partial charge in [-0.1, -0.05) is 0 Å². The zero-order valence-corrected chi connectivity index (χ0v) is 10.1. The summed E-state index contributed by atoms with van der Waals surface area (Å²) in [7, 11) is 1.63. The number of hydrogen-bond donors (Lipinski definition) is 2. The molecule has 0 atom stereocenters. The summed E-state index contributed by atoms with van der Waals surface area (Å²) in [5.41, 5.74) is 6.65. The number of hydrogen-bond acceptors (Lipinski definition) is 4. The molecular weight excluding hydrogens is 220 g/mol. The first-order chi connectivity index (χ1) is 8.08. The molecule has 5 heteroatoms. The van der Waals surface area contributed by atoms with Gasteiger partial charge in [-0.05, 0) is 19.1 Å². The molecule has 0 heterocycles. The maximum absolute atomic E-state index is 11.9. The zero-order valence-electron chi connectivity index (χ0n) is 10.1. The Morgan fingerprint density at radius 2 is 2.18 bits per heavy atom. The van der Waals surface area contributed by atoms with Gasteiger partial charge in [0, 0.05) is 30.9 Å². The van der Waals surface area contributed by atoms with Gasteiger partial charge in [0.2, 0.25) is 0 Å². The van der Waals surface area contributed by atoms with Crippen molar-refractivity contribution in [1.29, 1.82) is 0 Å². The monoisotopic (exact) mass is 238 g/mol. The fraction of sp³-hybridized carbons (Fsp3) is 0.417. The summed E-state index contributed by atoms with van der Waals surface area (Å²) in [6, 6.07) is 4.92. The quantitative estimate of drug-likeness (QED) is 0.741. The van der Waals surface area contributed by atoms with Gasteiger partial charge in [-0.15, -0.1) is 0 Å². The largest absolute Gasteiger partial charge is 0.494 e. The van der Waals surface area contributed by atoms with Crippen LogP contribution in [0, 0.1) is 0 Å². The number of aliphatic hydroxyl groups excluding tert-OH is 1. The van der Waals surface area contributed by atoms with E-state index in [0.717, 1.165) is 0 Å². The molecule has 5 nitrogen and oxygen atoms in total. The number of carbonyl (C=O) groups is 1. The van der Waals surface area contributed by atoms with E-state index in [1.807, 2.05) is 6.92 Å². The summed E-state index contributed by atoms with van der Waals surface area (Å²) in [6.45, 7) is 2.60. The number of amides is 1. The lowest BCUT2D eigenvalue weighted by Gasteiger charge is -2.16. The van der Waals surface area contributed by atoms with Crippen LogP contribution in [-0.4, -0.2) is 42.7 Å². The van der Waals surface area contributed by atoms with Crippen LogP contribution in [0.4, 0.5) is 5.69 Å². The van der Waals surface area contributed by atoms with Crippen LogP contribution in [0.3, 0.4) is 0 Å². The van der Waals surface area contributed by atoms with Crippen LogP contribution in [0.15, 0.2) is 18.2 Å². The van der Waals surface area contributed by atoms with Gasteiger partial charge >= 0.3 is 0 Å². The minimum absolute atomic E-state index is 0.0666. The lowest BCUT2D eigenvalue weighted by Crippen LogP contribution is -2.29. The van der Waals surface area contributed by atoms with Crippen molar-refractivity contribution >= 4 is 11.6 Å². The molecule has 0 aliphatic heterocycles. The molecule has 0 aliphatic rings. The molecule has 1 amide bonds. The third-order valence-corrected chi connectivity index (χ3v) is 2.27. The van der Waals surface area contributed by atoms with Gasteiger partial charge in [0.1, 0.15) is 5.75 Å². The van der Waals surface area contributed by atoms with E-state index in [0.29, 0.717) is 23.6 Å². The number of aliphatic hydroxyl groups is 1. The minimum Gasteiger partial charge on any atom is -0.494 e. The minimum atomic E-state index is -0.188. The average Bonchev–Trinajstić information content (AvgIpc) is 2.28. The Bertz CT molecular complexity index is 393. The van der Waals surface area contributed by atoms with E-state index < -0.39 is 0 Å². The second-order valence-electron chi connectivity index (χ2n) is 3.67. The molecule has 1 aromatic carbocycles. The third-order valence-electron chi connectivity index (χ3n) is 2.27. The topological polar surface area (TPSA) is 75.8 Å². The van der Waals surface area contributed by atoms with Crippen LogP contribution in [-0.2, 0) is 0 Å². The van der Waals surface area contributed by atoms with Crippen LogP contribution in [0.5, 0.6) is 5.75 Å². The number of rotatable bonds is 5. The predicted octanol–water partition coefficient (Wildman–Crippen LogP) is 0.732. The second kappa shape index (κ2) is 6.10. The van der Waals surface area contributed by atoms with E-state index in [1.54, 1.807) is 25.2 Å². The second-order valence-corrected chi connectivity index (χ2v) is 3.67. The molecule has 1 rings (SSSR count). The number of anilines is 1. The van der Waals surface area contributed by atoms with E-state index in [2.05, 4.69) is 0 Å². The SMILES string of the molecule is CCOc1cc(N)cc(C(=O)N(C)CCO)c1. The Balaban J connectivity index is 2.92. The molecule has 0 spiro atoms. The molecular formula is C12H18N2O3. The molecule has 0 bridgehead atoms. The van der Waals surface area contributed by atoms with Crippen LogP contribution < -0.4 is 10.5 Å². The Morgan fingerprint density at radius 1 is 1.47 bits per heavy atom. The molecule has 0 unspecified atom stereocenters. The number of nitrogens with two attached hydrogens (primary N) is 1. The summed E-state index contributed by atoms with van der Waals surface area (Å²) >= 11 is 0. The van der Waals surface area contributed by atoms with Crippen LogP contribution in [0.1, 0.15) is 17.3 Å². The Labute approximate surface area is 101 Å². The summed E-state index contributed by atoms with van der Waals surface area (Å²) in [5.74, 6) is 0.389. The van der Waals surface area contributed by atoms with Gasteiger partial charge < -0.3 is 20.5 Å². The van der Waals surface area contributed by atoms with Crippen molar-refractivity contribution in [1.82, 2.24) is 4.90 Å². The van der Waals surface area contributed by atoms with E-state index in [-0.39, 0.29) is 19.1 Å². The smallest absolute Gasteiger partial charge is 0.253 e. The fourth-order valence-corrected chi connectivity index (χ4v) is 1.47. The first-order valence-corrected chi connectivity index (χ1v) is 5.48. The van der Waals surface area contributed by atoms with Crippen molar-refractivity contribution < 1.29 is 14.6 Å². The molecule has 17 heavy (non-hydrogen) atoms. The van der Waals surface area contributed by atoms with E-state index in [4.69, 9.17) is 15.6 Å². The van der Waals surface area contributed by atoms with Crippen molar-refractivity contribution in [2.75, 3.05) is 32.5 Å². The van der Waals surface area contributed by atoms with Gasteiger partial charge in [0.15, 0.2) is 0 Å². The number of nitrogen functional groups attached to an aromatic ring is 1. The zero-order chi connectivity index (χ0) is 12.8. The first-order valence-electron chi connectivity index (χ1n) is 5.48. The summed E-state index contributed by atoms with van der Waals surface area (Å²) in [6.07, 6.45) is 0. The highest BCUT2D eigenvalue weighted by molar-refractivity contribution is 5.95. The number of carbonyl (C=O) groups excluding carboxylic acids is 1. The number of ether oxygens (including phenoxy) is 1. The fourth-order valence-electron chi connectivity index (χ4n) is 1.47. The lowest BCUT2D eigenvalue weighted by molar-refractivity contribution is 0.0766. The Kier molecular flexibility index (Phi) is 4.78. The molecule has 0 fully saturated rings. The number of nitrogens with zero attached hydrogens (tertiary/aromatic N) is 1. The van der Waals surface area contributed by atoms with E-state index in [9.17, 15) is 4.79 Å². The Morgan fingerprint density at radius 3 is 2.76 bits per heavy atom. The Hall–Kier alpha value is -1.75. The normalized spacial score (nSPS) is 10.1. The van der Waals surface area contributed by atoms with E-state index in [1.165, 1.54) is 4.90 Å². The van der Waals surface area contributed by atoms with Gasteiger partial charge in [0.05, 0.1) is 13.2 Å². The molecule has 3 N–H and O–H groups in total. The molecule has 0 saturated carbocycles. The maximum Gasteiger partial charge on any atom is 0.253 e. The van der Waals surface area contributed by atoms with Crippen LogP contribution in [0.2, 0.25) is 0 Å². The number of likely N-dealkylation sites (N-methyl/N-ethyl adjacent to an activating group) is 1. The number of benzene rings is 1. The standard InChI is InChI=1S/C12H18N2O3/c1-3-17-11-7-9(6-10(13)8-11)12(16)14(2)4-5-15/h6-8,15H,3-5,13H2,1-2H3. The average molecular weight is 238 g/mol. The molecule has 0 radical (unpaired) electrons. The van der Waals surface area contributed by atoms with Crippen molar-refractivity contribution in [2.24, 2.45) is 0 Å². The van der Waals surface area contributed by atoms with Crippen molar-refractivity contribution in [3.8, 4) is 5.75 Å². The molecule has 0 saturated heterocycles. The van der Waals surface area contributed by atoms with Gasteiger partial charge in [-0.2, -0.15) is 0 Å². The van der Waals surface area contributed by atoms with E-state index >= 15 is 0 Å². The van der Waals surface area contributed by atoms with Crippen molar-refractivity contribution in [3.05, 3.63) is 23.8 Å². The predicted molar refractivity (Wildman–Crippen MR) is 66.1 cm³/mol. The van der Waals surface area contributed by atoms with Crippen LogP contribution in [0.25, 0.3) is 0 Å². The highest BCUT2D eigenvalue weighted by atomic mass is 16.5. The van der Waals surface area contributed by atoms with Crippen molar-refractivity contribution in [2.45, 2.75) is 6.92 Å². The summed E-state index contributed by atoms with van der Waals surface area (Å²) in [5, 5.41) is 8.78.